The number of nitrogens with zero attached hydrogens (tertiary/aromatic N) is 3. The fourth-order valence-electron chi connectivity index (χ4n) is 3.58. The van der Waals surface area contributed by atoms with Gasteiger partial charge in [-0.2, -0.15) is 18.2 Å². The number of halogens is 3. The summed E-state index contributed by atoms with van der Waals surface area (Å²) in [6.07, 6.45) is -6.42. The Morgan fingerprint density at radius 1 is 0.973 bits per heavy atom. The van der Waals surface area contributed by atoms with Gasteiger partial charge in [-0.05, 0) is 12.5 Å². The number of hydrogen-bond donors (Lipinski definition) is 2. The van der Waals surface area contributed by atoms with Crippen molar-refractivity contribution in [2.75, 3.05) is 6.54 Å². The Balaban J connectivity index is 1.54. The lowest BCUT2D eigenvalue weighted by Crippen LogP contribution is -2.24. The highest BCUT2D eigenvalue weighted by Gasteiger charge is 2.43. The molecule has 2 N–H and O–H groups in total. The number of ketones is 1. The summed E-state index contributed by atoms with van der Waals surface area (Å²) in [7, 11) is 0. The maximum Gasteiger partial charge on any atom is 0.422 e. The molecule has 0 aliphatic heterocycles. The maximum absolute atomic E-state index is 13.9. The van der Waals surface area contributed by atoms with Gasteiger partial charge in [0.15, 0.2) is 5.78 Å². The van der Waals surface area contributed by atoms with E-state index < -0.39 is 41.0 Å². The van der Waals surface area contributed by atoms with Gasteiger partial charge in [-0.15, -0.1) is 0 Å². The third-order valence-electron chi connectivity index (χ3n) is 5.41. The highest BCUT2D eigenvalue weighted by atomic mass is 19.4. The molecule has 0 saturated heterocycles. The number of alkyl halides is 3. The zero-order chi connectivity index (χ0) is 26.6. The van der Waals surface area contributed by atoms with Crippen LogP contribution in [0.5, 0.6) is 0 Å². The van der Waals surface area contributed by atoms with Crippen LogP contribution in [-0.4, -0.2) is 38.6 Å². The first kappa shape index (κ1) is 25.8. The smallest absolute Gasteiger partial charge is 0.381 e. The molecule has 0 saturated carbocycles. The van der Waals surface area contributed by atoms with Crippen molar-refractivity contribution in [1.29, 1.82) is 0 Å². The summed E-state index contributed by atoms with van der Waals surface area (Å²) in [6.45, 7) is 2.20. The van der Waals surface area contributed by atoms with Gasteiger partial charge in [0.1, 0.15) is 17.4 Å². The topological polar surface area (TPSA) is 131 Å². The van der Waals surface area contributed by atoms with Crippen LogP contribution in [0.3, 0.4) is 0 Å². The van der Waals surface area contributed by atoms with Crippen molar-refractivity contribution in [1.82, 2.24) is 20.6 Å². The first-order chi connectivity index (χ1) is 17.7. The first-order valence-corrected chi connectivity index (χ1v) is 11.2. The molecule has 1 atom stereocenters. The lowest BCUT2D eigenvalue weighted by atomic mass is 10.0. The molecule has 4 aromatic rings. The second kappa shape index (κ2) is 10.7. The summed E-state index contributed by atoms with van der Waals surface area (Å²) in [5.74, 6) is -2.08. The van der Waals surface area contributed by atoms with E-state index in [1.54, 1.807) is 25.1 Å². The number of benzene rings is 2. The van der Waals surface area contributed by atoms with Crippen LogP contribution in [0.2, 0.25) is 0 Å². The normalized spacial score (nSPS) is 12.4. The fourth-order valence-corrected chi connectivity index (χ4v) is 3.58. The number of carbonyl (C=O) groups excluding carboxylic acids is 2. The molecule has 1 unspecified atom stereocenters. The van der Waals surface area contributed by atoms with Gasteiger partial charge in [0.25, 0.3) is 5.89 Å². The highest BCUT2D eigenvalue weighted by Crippen LogP contribution is 2.43. The molecule has 9 nitrogen and oxygen atoms in total. The molecule has 2 aromatic carbocycles. The minimum absolute atomic E-state index is 0.0376. The Bertz CT molecular complexity index is 1380. The van der Waals surface area contributed by atoms with E-state index in [0.717, 1.165) is 0 Å². The Morgan fingerprint density at radius 2 is 1.68 bits per heavy atom. The Morgan fingerprint density at radius 3 is 2.32 bits per heavy atom. The molecular weight excluding hydrogens is 493 g/mol. The van der Waals surface area contributed by atoms with Gasteiger partial charge in [-0.1, -0.05) is 64.9 Å². The molecule has 0 spiro atoms. The predicted molar refractivity (Wildman–Crippen MR) is 124 cm³/mol. The van der Waals surface area contributed by atoms with Crippen LogP contribution in [0.25, 0.3) is 34.3 Å². The van der Waals surface area contributed by atoms with Crippen molar-refractivity contribution in [2.24, 2.45) is 0 Å². The molecule has 1 amide bonds. The maximum atomic E-state index is 13.9. The van der Waals surface area contributed by atoms with Crippen LogP contribution in [0.4, 0.5) is 13.2 Å². The predicted octanol–water partition coefficient (Wildman–Crippen LogP) is 4.60. The Hall–Kier alpha value is -4.32. The van der Waals surface area contributed by atoms with Crippen molar-refractivity contribution in [3.05, 3.63) is 65.7 Å². The van der Waals surface area contributed by atoms with E-state index >= 15 is 0 Å². The van der Waals surface area contributed by atoms with E-state index in [9.17, 15) is 27.9 Å². The van der Waals surface area contributed by atoms with Gasteiger partial charge in [0.2, 0.25) is 17.5 Å². The summed E-state index contributed by atoms with van der Waals surface area (Å²) in [6, 6.07) is 13.6. The number of carbonyl (C=O) groups is 2. The van der Waals surface area contributed by atoms with Crippen molar-refractivity contribution >= 4 is 11.7 Å². The van der Waals surface area contributed by atoms with Gasteiger partial charge in [-0.3, -0.25) is 9.59 Å². The zero-order valence-corrected chi connectivity index (χ0v) is 19.5. The first-order valence-electron chi connectivity index (χ1n) is 11.2. The van der Waals surface area contributed by atoms with Crippen molar-refractivity contribution in [2.45, 2.75) is 32.0 Å². The van der Waals surface area contributed by atoms with Crippen molar-refractivity contribution in [3.8, 4) is 34.3 Å². The molecule has 0 bridgehead atoms. The quantitative estimate of drug-likeness (QED) is 0.331. The molecule has 2 aromatic heterocycles. The minimum Gasteiger partial charge on any atom is -0.381 e. The molecule has 192 valence electrons. The van der Waals surface area contributed by atoms with Crippen LogP contribution < -0.4 is 5.32 Å². The number of aliphatic hydroxyl groups is 1. The van der Waals surface area contributed by atoms with E-state index in [-0.39, 0.29) is 35.7 Å². The number of Topliss-reactive ketones (excluding diaryl/α,β-unsaturated/α-hetero) is 1. The molecule has 0 fully saturated rings. The van der Waals surface area contributed by atoms with Gasteiger partial charge >= 0.3 is 6.18 Å². The molecule has 0 aliphatic carbocycles. The SMILES string of the molecule is CCNC(=O)CCC(=O)C(O)c1ccc(-c2noc(-c3onc(-c4ccccc4)c3C(F)(F)F)n2)cc1. The lowest BCUT2D eigenvalue weighted by molar-refractivity contribution is -0.137. The number of hydrogen-bond acceptors (Lipinski definition) is 8. The summed E-state index contributed by atoms with van der Waals surface area (Å²) in [5.41, 5.74) is -0.705. The van der Waals surface area contributed by atoms with Crippen molar-refractivity contribution < 1.29 is 36.9 Å². The summed E-state index contributed by atoms with van der Waals surface area (Å²) >= 11 is 0. The van der Waals surface area contributed by atoms with E-state index in [2.05, 4.69) is 20.6 Å². The third-order valence-corrected chi connectivity index (χ3v) is 5.41. The molecule has 0 aliphatic rings. The van der Waals surface area contributed by atoms with E-state index in [4.69, 9.17) is 9.05 Å². The Labute approximate surface area is 208 Å². The summed E-state index contributed by atoms with van der Waals surface area (Å²) < 4.78 is 51.7. The standard InChI is InChI=1S/C25H21F3N4O5/c1-2-29-18(34)13-12-17(33)21(35)15-8-10-16(11-9-15)23-30-24(37-32-23)22-19(25(26,27)28)20(31-36-22)14-6-4-3-5-7-14/h3-11,21,35H,2,12-13H2,1H3,(H,29,34). The zero-order valence-electron chi connectivity index (χ0n) is 19.5. The molecule has 4 rings (SSSR count). The van der Waals surface area contributed by atoms with Crippen molar-refractivity contribution in [3.63, 3.8) is 0 Å². The summed E-state index contributed by atoms with van der Waals surface area (Å²) in [5, 5.41) is 20.2. The molecule has 0 radical (unpaired) electrons. The average molecular weight is 514 g/mol. The van der Waals surface area contributed by atoms with E-state index in [0.29, 0.717) is 12.1 Å². The van der Waals surface area contributed by atoms with Crippen LogP contribution in [0.15, 0.2) is 63.6 Å². The second-order valence-electron chi connectivity index (χ2n) is 7.97. The minimum atomic E-state index is -4.81. The Kier molecular flexibility index (Phi) is 7.48. The molecule has 37 heavy (non-hydrogen) atoms. The lowest BCUT2D eigenvalue weighted by Gasteiger charge is -2.10. The van der Waals surface area contributed by atoms with Gasteiger partial charge in [-0.25, -0.2) is 0 Å². The van der Waals surface area contributed by atoms with Gasteiger partial charge in [0.05, 0.1) is 0 Å². The highest BCUT2D eigenvalue weighted by molar-refractivity contribution is 5.88. The molecule has 12 heteroatoms. The number of aliphatic hydroxyl groups excluding tert-OH is 1. The number of aromatic nitrogens is 3. The molecular formula is C25H21F3N4O5. The van der Waals surface area contributed by atoms with E-state index in [1.807, 2.05) is 0 Å². The number of rotatable bonds is 9. The molecule has 2 heterocycles. The number of nitrogens with one attached hydrogen (secondary N) is 1. The van der Waals surface area contributed by atoms with Gasteiger partial charge in [0, 0.05) is 30.5 Å². The van der Waals surface area contributed by atoms with Crippen LogP contribution in [0.1, 0.15) is 37.0 Å². The number of amides is 1. The van der Waals surface area contributed by atoms with E-state index in [1.165, 1.54) is 36.4 Å². The monoisotopic (exact) mass is 514 g/mol. The second-order valence-corrected chi connectivity index (χ2v) is 7.97. The van der Waals surface area contributed by atoms with Gasteiger partial charge < -0.3 is 19.5 Å². The van der Waals surface area contributed by atoms with Crippen LogP contribution in [0, 0.1) is 0 Å². The fraction of sp³-hybridized carbons (Fsp3) is 0.240. The van der Waals surface area contributed by atoms with Crippen LogP contribution in [-0.2, 0) is 15.8 Å². The van der Waals surface area contributed by atoms with Crippen LogP contribution >= 0.6 is 0 Å². The summed E-state index contributed by atoms with van der Waals surface area (Å²) in [4.78, 5) is 27.8. The third kappa shape index (κ3) is 5.75. The largest absolute Gasteiger partial charge is 0.422 e. The average Bonchev–Trinajstić information content (AvgIpc) is 3.55.